The quantitative estimate of drug-likeness (QED) is 0.542. The van der Waals surface area contributed by atoms with E-state index in [1.165, 1.54) is 12.3 Å². The Bertz CT molecular complexity index is 859. The Labute approximate surface area is 155 Å². The van der Waals surface area contributed by atoms with Crippen LogP contribution in [0.4, 0.5) is 4.39 Å². The highest BCUT2D eigenvalue weighted by atomic mass is 35.5. The van der Waals surface area contributed by atoms with Crippen molar-refractivity contribution in [1.29, 1.82) is 0 Å². The molecule has 1 aromatic heterocycles. The van der Waals surface area contributed by atoms with E-state index >= 15 is 0 Å². The fraction of sp³-hybridized carbons (Fsp3) is 0.353. The van der Waals surface area contributed by atoms with Gasteiger partial charge < -0.3 is 4.74 Å². The zero-order valence-electron chi connectivity index (χ0n) is 13.2. The first-order chi connectivity index (χ1) is 11.9. The number of hydrogen-bond acceptors (Lipinski definition) is 4. The maximum absolute atomic E-state index is 13.2. The molecular formula is C17H16Cl2FNO3S. The van der Waals surface area contributed by atoms with E-state index in [4.69, 9.17) is 27.9 Å². The largest absolute Gasteiger partial charge is 0.492 e. The SMILES string of the molecule is O=S(=O)(c1ccc(F)cc1Cl)C1CCC(COc2ccc(Cl)nc2)C1. The molecule has 1 aliphatic carbocycles. The Morgan fingerprint density at radius 2 is 2.00 bits per heavy atom. The molecule has 1 aromatic carbocycles. The Morgan fingerprint density at radius 1 is 1.20 bits per heavy atom. The number of pyridine rings is 1. The second-order valence-corrected chi connectivity index (χ2v) is 9.04. The van der Waals surface area contributed by atoms with Crippen LogP contribution in [0, 0.1) is 11.7 Å². The number of ether oxygens (including phenoxy) is 1. The third kappa shape index (κ3) is 4.25. The van der Waals surface area contributed by atoms with Crippen LogP contribution >= 0.6 is 23.2 Å². The Kier molecular flexibility index (Phi) is 5.51. The summed E-state index contributed by atoms with van der Waals surface area (Å²) >= 11 is 11.6. The van der Waals surface area contributed by atoms with E-state index in [-0.39, 0.29) is 15.8 Å². The molecule has 0 radical (unpaired) electrons. The summed E-state index contributed by atoms with van der Waals surface area (Å²) in [6.07, 6.45) is 3.29. The Hall–Kier alpha value is -1.37. The topological polar surface area (TPSA) is 56.3 Å². The van der Waals surface area contributed by atoms with Crippen LogP contribution in [0.15, 0.2) is 41.4 Å². The normalized spacial score (nSPS) is 20.6. The van der Waals surface area contributed by atoms with E-state index in [2.05, 4.69) is 4.98 Å². The monoisotopic (exact) mass is 403 g/mol. The highest BCUT2D eigenvalue weighted by Crippen LogP contribution is 2.36. The Morgan fingerprint density at radius 3 is 2.68 bits per heavy atom. The van der Waals surface area contributed by atoms with Gasteiger partial charge in [-0.2, -0.15) is 0 Å². The number of benzene rings is 1. The van der Waals surface area contributed by atoms with Crippen LogP contribution < -0.4 is 4.74 Å². The summed E-state index contributed by atoms with van der Waals surface area (Å²) in [4.78, 5) is 3.92. The highest BCUT2D eigenvalue weighted by molar-refractivity contribution is 7.92. The summed E-state index contributed by atoms with van der Waals surface area (Å²) in [6, 6.07) is 6.72. The predicted octanol–water partition coefficient (Wildman–Crippen LogP) is 4.55. The van der Waals surface area contributed by atoms with E-state index in [1.54, 1.807) is 12.1 Å². The van der Waals surface area contributed by atoms with Crippen molar-refractivity contribution in [3.8, 4) is 5.75 Å². The minimum absolute atomic E-state index is 0.0102. The van der Waals surface area contributed by atoms with Crippen molar-refractivity contribution < 1.29 is 17.5 Å². The second kappa shape index (κ2) is 7.48. The van der Waals surface area contributed by atoms with Crippen LogP contribution in [0.5, 0.6) is 5.75 Å². The van der Waals surface area contributed by atoms with Crippen molar-refractivity contribution in [2.75, 3.05) is 6.61 Å². The molecule has 2 aromatic rings. The lowest BCUT2D eigenvalue weighted by atomic mass is 10.1. The zero-order valence-corrected chi connectivity index (χ0v) is 15.5. The van der Waals surface area contributed by atoms with E-state index < -0.39 is 20.9 Å². The lowest BCUT2D eigenvalue weighted by Gasteiger charge is -2.14. The maximum atomic E-state index is 13.2. The van der Waals surface area contributed by atoms with Crippen molar-refractivity contribution in [1.82, 2.24) is 4.98 Å². The number of aromatic nitrogens is 1. The fourth-order valence-corrected chi connectivity index (χ4v) is 5.53. The molecular weight excluding hydrogens is 388 g/mol. The number of sulfone groups is 1. The summed E-state index contributed by atoms with van der Waals surface area (Å²) in [5.74, 6) is 0.158. The minimum atomic E-state index is -3.59. The van der Waals surface area contributed by atoms with Gasteiger partial charge >= 0.3 is 0 Å². The molecule has 3 rings (SSSR count). The summed E-state index contributed by atoms with van der Waals surface area (Å²) < 4.78 is 44.3. The van der Waals surface area contributed by atoms with Crippen molar-refractivity contribution in [2.45, 2.75) is 29.4 Å². The van der Waals surface area contributed by atoms with Crippen LogP contribution in [0.3, 0.4) is 0 Å². The summed E-state index contributed by atoms with van der Waals surface area (Å²) in [5.41, 5.74) is 0. The maximum Gasteiger partial charge on any atom is 0.182 e. The van der Waals surface area contributed by atoms with Gasteiger partial charge in [-0.25, -0.2) is 17.8 Å². The van der Waals surface area contributed by atoms with Gasteiger partial charge in [0.2, 0.25) is 0 Å². The van der Waals surface area contributed by atoms with E-state index in [1.807, 2.05) is 0 Å². The first kappa shape index (κ1) is 18.4. The molecule has 0 amide bonds. The molecule has 0 N–H and O–H groups in total. The molecule has 0 aliphatic heterocycles. The third-order valence-electron chi connectivity index (χ3n) is 4.32. The number of rotatable bonds is 5. The molecule has 8 heteroatoms. The van der Waals surface area contributed by atoms with Crippen LogP contribution in [0.25, 0.3) is 0 Å². The third-order valence-corrected chi connectivity index (χ3v) is 7.24. The summed E-state index contributed by atoms with van der Waals surface area (Å²) in [6.45, 7) is 0.409. The number of nitrogens with zero attached hydrogens (tertiary/aromatic N) is 1. The van der Waals surface area contributed by atoms with E-state index in [9.17, 15) is 12.8 Å². The zero-order chi connectivity index (χ0) is 18.0. The van der Waals surface area contributed by atoms with Gasteiger partial charge in [0.05, 0.1) is 28.0 Å². The highest BCUT2D eigenvalue weighted by Gasteiger charge is 2.36. The lowest BCUT2D eigenvalue weighted by molar-refractivity contribution is 0.251. The molecule has 134 valence electrons. The average molecular weight is 404 g/mol. The molecule has 2 atom stereocenters. The molecule has 2 unspecified atom stereocenters. The predicted molar refractivity (Wildman–Crippen MR) is 94.5 cm³/mol. The molecule has 1 aliphatic rings. The standard InChI is InChI=1S/C17H16Cl2FNO3S/c18-15-8-12(20)2-5-16(15)25(22,23)14-4-1-11(7-14)10-24-13-3-6-17(19)21-9-13/h2-3,5-6,8-9,11,14H,1,4,7,10H2. The second-order valence-electron chi connectivity index (χ2n) is 6.05. The van der Waals surface area contributed by atoms with Gasteiger partial charge in [0.1, 0.15) is 16.7 Å². The van der Waals surface area contributed by atoms with Gasteiger partial charge in [0, 0.05) is 0 Å². The Balaban J connectivity index is 1.64. The molecule has 25 heavy (non-hydrogen) atoms. The first-order valence-corrected chi connectivity index (χ1v) is 10.1. The summed E-state index contributed by atoms with van der Waals surface area (Å²) in [5, 5.41) is -0.227. The van der Waals surface area contributed by atoms with Gasteiger partial charge in [0.15, 0.2) is 9.84 Å². The molecule has 4 nitrogen and oxygen atoms in total. The molecule has 0 spiro atoms. The number of halogens is 3. The van der Waals surface area contributed by atoms with Crippen LogP contribution in [-0.4, -0.2) is 25.3 Å². The van der Waals surface area contributed by atoms with Crippen molar-refractivity contribution in [3.05, 3.63) is 52.5 Å². The molecule has 1 fully saturated rings. The smallest absolute Gasteiger partial charge is 0.182 e. The summed E-state index contributed by atoms with van der Waals surface area (Å²) in [7, 11) is -3.59. The average Bonchev–Trinajstić information content (AvgIpc) is 3.04. The van der Waals surface area contributed by atoms with Gasteiger partial charge in [0.25, 0.3) is 0 Å². The molecule has 1 heterocycles. The van der Waals surface area contributed by atoms with Gasteiger partial charge in [-0.15, -0.1) is 0 Å². The molecule has 0 saturated heterocycles. The van der Waals surface area contributed by atoms with Crippen LogP contribution in [-0.2, 0) is 9.84 Å². The molecule has 0 bridgehead atoms. The van der Waals surface area contributed by atoms with Crippen LogP contribution in [0.2, 0.25) is 10.2 Å². The van der Waals surface area contributed by atoms with Crippen molar-refractivity contribution in [2.24, 2.45) is 5.92 Å². The number of hydrogen-bond donors (Lipinski definition) is 0. The van der Waals surface area contributed by atoms with Gasteiger partial charge in [-0.1, -0.05) is 23.2 Å². The van der Waals surface area contributed by atoms with E-state index in [0.717, 1.165) is 18.6 Å². The van der Waals surface area contributed by atoms with E-state index in [0.29, 0.717) is 30.4 Å². The van der Waals surface area contributed by atoms with Crippen molar-refractivity contribution >= 4 is 33.0 Å². The van der Waals surface area contributed by atoms with Gasteiger partial charge in [-0.3, -0.25) is 0 Å². The minimum Gasteiger partial charge on any atom is -0.492 e. The van der Waals surface area contributed by atoms with Gasteiger partial charge in [-0.05, 0) is 55.5 Å². The van der Waals surface area contributed by atoms with Crippen molar-refractivity contribution in [3.63, 3.8) is 0 Å². The molecule has 1 saturated carbocycles. The fourth-order valence-electron chi connectivity index (χ4n) is 3.01. The van der Waals surface area contributed by atoms with Crippen LogP contribution in [0.1, 0.15) is 19.3 Å². The first-order valence-electron chi connectivity index (χ1n) is 7.79. The lowest BCUT2D eigenvalue weighted by Crippen LogP contribution is -2.20.